The van der Waals surface area contributed by atoms with Crippen molar-refractivity contribution in [2.75, 3.05) is 5.32 Å². The molecule has 0 aliphatic carbocycles. The van der Waals surface area contributed by atoms with E-state index < -0.39 is 6.04 Å². The van der Waals surface area contributed by atoms with Crippen LogP contribution in [0.3, 0.4) is 0 Å². The lowest BCUT2D eigenvalue weighted by Crippen LogP contribution is -2.33. The van der Waals surface area contributed by atoms with Crippen molar-refractivity contribution in [3.63, 3.8) is 0 Å². The highest BCUT2D eigenvalue weighted by Crippen LogP contribution is 2.04. The Hall–Kier alpha value is -1.62. The molecule has 0 radical (unpaired) electrons. The summed E-state index contributed by atoms with van der Waals surface area (Å²) in [6, 6.07) is 2.45. The molecule has 0 aliphatic heterocycles. The number of pyridine rings is 1. The van der Waals surface area contributed by atoms with E-state index in [1.54, 1.807) is 23.8 Å². The molecule has 5 nitrogen and oxygen atoms in total. The second kappa shape index (κ2) is 5.46. The minimum Gasteiger partial charge on any atom is -0.323 e. The second-order valence-electron chi connectivity index (χ2n) is 3.73. The average Bonchev–Trinajstić information content (AvgIpc) is 2.23. The smallest absolute Gasteiger partial charge is 0.250 e. The van der Waals surface area contributed by atoms with Gasteiger partial charge in [0, 0.05) is 18.8 Å². The number of nitrogens with two attached hydrogens (primary N) is 1. The number of rotatable bonds is 4. The van der Waals surface area contributed by atoms with Crippen LogP contribution in [0.4, 0.5) is 5.69 Å². The van der Waals surface area contributed by atoms with Crippen molar-refractivity contribution >= 4 is 11.6 Å². The molecule has 3 N–H and O–H groups in total. The average molecular weight is 223 g/mol. The fourth-order valence-corrected chi connectivity index (χ4v) is 1.28. The van der Waals surface area contributed by atoms with Gasteiger partial charge in [-0.2, -0.15) is 0 Å². The van der Waals surface area contributed by atoms with Gasteiger partial charge in [-0.05, 0) is 19.4 Å². The summed E-state index contributed by atoms with van der Waals surface area (Å²) in [4.78, 5) is 22.7. The van der Waals surface area contributed by atoms with Crippen LogP contribution in [0.1, 0.15) is 20.3 Å². The van der Waals surface area contributed by atoms with Crippen LogP contribution >= 0.6 is 0 Å². The Bertz CT molecular complexity index is 423. The van der Waals surface area contributed by atoms with Crippen molar-refractivity contribution in [1.29, 1.82) is 0 Å². The highest BCUT2D eigenvalue weighted by molar-refractivity contribution is 5.94. The first-order valence-corrected chi connectivity index (χ1v) is 5.31. The maximum absolute atomic E-state index is 11.4. The van der Waals surface area contributed by atoms with Gasteiger partial charge >= 0.3 is 0 Å². The first-order valence-electron chi connectivity index (χ1n) is 5.31. The molecule has 1 heterocycles. The maximum atomic E-state index is 11.4. The zero-order valence-electron chi connectivity index (χ0n) is 9.56. The lowest BCUT2D eigenvalue weighted by atomic mass is 10.3. The number of anilines is 1. The number of aryl methyl sites for hydroxylation is 1. The Balaban J connectivity index is 2.86. The minimum atomic E-state index is -0.563. The third-order valence-corrected chi connectivity index (χ3v) is 2.13. The molecule has 5 heteroatoms. The highest BCUT2D eigenvalue weighted by atomic mass is 16.2. The fourth-order valence-electron chi connectivity index (χ4n) is 1.28. The Morgan fingerprint density at radius 1 is 1.56 bits per heavy atom. The molecule has 0 saturated heterocycles. The van der Waals surface area contributed by atoms with Crippen LogP contribution < -0.4 is 16.6 Å². The van der Waals surface area contributed by atoms with E-state index in [9.17, 15) is 9.59 Å². The van der Waals surface area contributed by atoms with Gasteiger partial charge in [0.15, 0.2) is 0 Å². The molecule has 88 valence electrons. The molecular formula is C11H17N3O2. The number of carbonyl (C=O) groups excluding carboxylic acids is 1. The summed E-state index contributed by atoms with van der Waals surface area (Å²) >= 11 is 0. The van der Waals surface area contributed by atoms with Gasteiger partial charge in [-0.1, -0.05) is 6.92 Å². The summed E-state index contributed by atoms with van der Waals surface area (Å²) in [5.74, 6) is -0.262. The highest BCUT2D eigenvalue weighted by Gasteiger charge is 2.07. The molecule has 1 aromatic rings. The van der Waals surface area contributed by atoms with E-state index in [1.165, 1.54) is 6.07 Å². The van der Waals surface area contributed by atoms with Gasteiger partial charge < -0.3 is 15.6 Å². The lowest BCUT2D eigenvalue weighted by molar-refractivity contribution is -0.117. The first kappa shape index (κ1) is 12.4. The molecule has 16 heavy (non-hydrogen) atoms. The number of nitrogens with zero attached hydrogens (tertiary/aromatic N) is 1. The quantitative estimate of drug-likeness (QED) is 0.782. The second-order valence-corrected chi connectivity index (χ2v) is 3.73. The van der Waals surface area contributed by atoms with E-state index >= 15 is 0 Å². The predicted octanol–water partition coefficient (Wildman–Crippen LogP) is 0.544. The molecule has 0 bridgehead atoms. The number of hydrogen-bond donors (Lipinski definition) is 2. The third-order valence-electron chi connectivity index (χ3n) is 2.13. The number of nitrogens with one attached hydrogen (secondary N) is 1. The topological polar surface area (TPSA) is 77.1 Å². The van der Waals surface area contributed by atoms with Crippen LogP contribution in [0.5, 0.6) is 0 Å². The Labute approximate surface area is 94.3 Å². The van der Waals surface area contributed by atoms with Crippen LogP contribution in [-0.4, -0.2) is 16.5 Å². The summed E-state index contributed by atoms with van der Waals surface area (Å²) in [6.07, 6.45) is 2.50. The van der Waals surface area contributed by atoms with Gasteiger partial charge in [-0.3, -0.25) is 9.59 Å². The zero-order chi connectivity index (χ0) is 12.1. The summed E-state index contributed by atoms with van der Waals surface area (Å²) < 4.78 is 1.57. The van der Waals surface area contributed by atoms with Gasteiger partial charge in [0.2, 0.25) is 5.91 Å². The third kappa shape index (κ3) is 3.20. The predicted molar refractivity (Wildman–Crippen MR) is 63.3 cm³/mol. The number of hydrogen-bond acceptors (Lipinski definition) is 3. The van der Waals surface area contributed by atoms with Gasteiger partial charge in [0.05, 0.1) is 11.7 Å². The van der Waals surface area contributed by atoms with Crippen LogP contribution in [0.25, 0.3) is 0 Å². The summed E-state index contributed by atoms with van der Waals surface area (Å²) in [5.41, 5.74) is 5.95. The zero-order valence-corrected chi connectivity index (χ0v) is 9.56. The number of amides is 1. The molecule has 1 rings (SSSR count). The van der Waals surface area contributed by atoms with Crippen molar-refractivity contribution in [3.8, 4) is 0 Å². The van der Waals surface area contributed by atoms with E-state index in [0.29, 0.717) is 12.2 Å². The van der Waals surface area contributed by atoms with E-state index in [1.807, 2.05) is 6.92 Å². The Morgan fingerprint density at radius 3 is 2.81 bits per heavy atom. The van der Waals surface area contributed by atoms with Crippen LogP contribution in [0.2, 0.25) is 0 Å². The van der Waals surface area contributed by atoms with Crippen molar-refractivity contribution in [2.24, 2.45) is 5.73 Å². The van der Waals surface area contributed by atoms with E-state index in [2.05, 4.69) is 5.32 Å². The molecule has 1 unspecified atom stereocenters. The van der Waals surface area contributed by atoms with Crippen LogP contribution in [-0.2, 0) is 11.3 Å². The Kier molecular flexibility index (Phi) is 4.25. The molecule has 0 fully saturated rings. The van der Waals surface area contributed by atoms with Crippen molar-refractivity contribution in [2.45, 2.75) is 32.9 Å². The van der Waals surface area contributed by atoms with Crippen molar-refractivity contribution in [3.05, 3.63) is 28.7 Å². The van der Waals surface area contributed by atoms with Crippen molar-refractivity contribution in [1.82, 2.24) is 4.57 Å². The summed E-state index contributed by atoms with van der Waals surface area (Å²) in [7, 11) is 0. The van der Waals surface area contributed by atoms with Gasteiger partial charge in [0.25, 0.3) is 5.56 Å². The molecule has 1 atom stereocenters. The maximum Gasteiger partial charge on any atom is 0.250 e. The number of aromatic nitrogens is 1. The number of carbonyl (C=O) groups is 1. The molecule has 1 aromatic heterocycles. The van der Waals surface area contributed by atoms with Gasteiger partial charge in [0.1, 0.15) is 0 Å². The lowest BCUT2D eigenvalue weighted by Gasteiger charge is -2.10. The SMILES string of the molecule is CCCn1cc(NC(=O)C(C)N)ccc1=O. The monoisotopic (exact) mass is 223 g/mol. The van der Waals surface area contributed by atoms with Gasteiger partial charge in [-0.25, -0.2) is 0 Å². The molecule has 0 saturated carbocycles. The van der Waals surface area contributed by atoms with E-state index in [-0.39, 0.29) is 11.5 Å². The normalized spacial score (nSPS) is 12.2. The van der Waals surface area contributed by atoms with Crippen LogP contribution in [0.15, 0.2) is 23.1 Å². The molecule has 0 aromatic carbocycles. The molecule has 0 spiro atoms. The van der Waals surface area contributed by atoms with E-state index in [4.69, 9.17) is 5.73 Å². The largest absolute Gasteiger partial charge is 0.323 e. The molecule has 1 amide bonds. The summed E-state index contributed by atoms with van der Waals surface area (Å²) in [5, 5.41) is 2.64. The fraction of sp³-hybridized carbons (Fsp3) is 0.455. The van der Waals surface area contributed by atoms with E-state index in [0.717, 1.165) is 6.42 Å². The molecule has 0 aliphatic rings. The van der Waals surface area contributed by atoms with Crippen LogP contribution in [0, 0.1) is 0 Å². The summed E-state index contributed by atoms with van der Waals surface area (Å²) in [6.45, 7) is 4.23. The standard InChI is InChI=1S/C11H17N3O2/c1-3-6-14-7-9(4-5-10(14)15)13-11(16)8(2)12/h4-5,7-8H,3,6,12H2,1-2H3,(H,13,16). The Morgan fingerprint density at radius 2 is 2.25 bits per heavy atom. The minimum absolute atomic E-state index is 0.0688. The van der Waals surface area contributed by atoms with Gasteiger partial charge in [-0.15, -0.1) is 0 Å². The molecular weight excluding hydrogens is 206 g/mol. The van der Waals surface area contributed by atoms with Crippen molar-refractivity contribution < 1.29 is 4.79 Å². The first-order chi connectivity index (χ1) is 7.54.